The van der Waals surface area contributed by atoms with Gasteiger partial charge in [0.25, 0.3) is 0 Å². The van der Waals surface area contributed by atoms with Gasteiger partial charge in [0.05, 0.1) is 12.6 Å². The second-order valence-electron chi connectivity index (χ2n) is 8.00. The van der Waals surface area contributed by atoms with Crippen molar-refractivity contribution in [2.45, 2.75) is 25.8 Å². The van der Waals surface area contributed by atoms with Crippen molar-refractivity contribution in [2.75, 3.05) is 29.9 Å². The molecule has 1 aliphatic rings. The van der Waals surface area contributed by atoms with Crippen LogP contribution in [0.15, 0.2) is 72.1 Å². The van der Waals surface area contributed by atoms with Gasteiger partial charge in [0.15, 0.2) is 0 Å². The molecule has 0 aliphatic carbocycles. The Balaban J connectivity index is 1.33. The average molecular weight is 420 g/mol. The minimum absolute atomic E-state index is 0.0146. The predicted octanol–water partition coefficient (Wildman–Crippen LogP) is 5.30. The van der Waals surface area contributed by atoms with E-state index in [1.54, 1.807) is 11.3 Å². The average Bonchev–Trinajstić information content (AvgIpc) is 3.30. The van der Waals surface area contributed by atoms with Crippen molar-refractivity contribution in [3.8, 4) is 0 Å². The maximum Gasteiger partial charge on any atom is 0.238 e. The summed E-state index contributed by atoms with van der Waals surface area (Å²) in [6, 6.07) is 22.6. The highest BCUT2D eigenvalue weighted by atomic mass is 32.1. The highest BCUT2D eigenvalue weighted by Crippen LogP contribution is 2.26. The van der Waals surface area contributed by atoms with Crippen molar-refractivity contribution < 1.29 is 4.79 Å². The molecule has 1 atom stereocenters. The Kier molecular flexibility index (Phi) is 6.82. The lowest BCUT2D eigenvalue weighted by atomic mass is 9.99. The number of anilines is 2. The van der Waals surface area contributed by atoms with E-state index in [0.717, 1.165) is 30.3 Å². The van der Waals surface area contributed by atoms with Crippen LogP contribution in [-0.2, 0) is 4.79 Å². The van der Waals surface area contributed by atoms with Crippen LogP contribution in [0, 0.1) is 5.92 Å². The molecular formula is C25H29N3OS. The van der Waals surface area contributed by atoms with Crippen molar-refractivity contribution in [1.29, 1.82) is 0 Å². The van der Waals surface area contributed by atoms with Crippen LogP contribution in [0.25, 0.3) is 0 Å². The SMILES string of the molecule is CC1CCN(c2ccc(NC(=O)CN[C@@H](c3ccccc3)c3cccs3)cc2)CC1. The predicted molar refractivity (Wildman–Crippen MR) is 126 cm³/mol. The van der Waals surface area contributed by atoms with Gasteiger partial charge in [0, 0.05) is 29.3 Å². The number of hydrogen-bond donors (Lipinski definition) is 2. The molecule has 5 heteroatoms. The highest BCUT2D eigenvalue weighted by molar-refractivity contribution is 7.10. The first-order valence-electron chi connectivity index (χ1n) is 10.7. The smallest absolute Gasteiger partial charge is 0.238 e. The first-order valence-corrected chi connectivity index (χ1v) is 11.5. The third-order valence-corrected chi connectivity index (χ3v) is 6.66. The fourth-order valence-corrected chi connectivity index (χ4v) is 4.73. The Morgan fingerprint density at radius 2 is 1.77 bits per heavy atom. The van der Waals surface area contributed by atoms with Crippen molar-refractivity contribution in [2.24, 2.45) is 5.92 Å². The van der Waals surface area contributed by atoms with Crippen LogP contribution in [0.4, 0.5) is 11.4 Å². The first-order chi connectivity index (χ1) is 14.7. The fourth-order valence-electron chi connectivity index (χ4n) is 3.91. The Hall–Kier alpha value is -2.63. The van der Waals surface area contributed by atoms with Gasteiger partial charge in [-0.1, -0.05) is 43.3 Å². The van der Waals surface area contributed by atoms with E-state index in [-0.39, 0.29) is 18.5 Å². The van der Waals surface area contributed by atoms with E-state index >= 15 is 0 Å². The van der Waals surface area contributed by atoms with Gasteiger partial charge in [-0.2, -0.15) is 0 Å². The molecule has 3 aromatic rings. The lowest BCUT2D eigenvalue weighted by Crippen LogP contribution is -2.32. The molecular weight excluding hydrogens is 390 g/mol. The lowest BCUT2D eigenvalue weighted by molar-refractivity contribution is -0.115. The summed E-state index contributed by atoms with van der Waals surface area (Å²) in [5, 5.41) is 8.50. The lowest BCUT2D eigenvalue weighted by Gasteiger charge is -2.32. The quantitative estimate of drug-likeness (QED) is 0.546. The summed E-state index contributed by atoms with van der Waals surface area (Å²) >= 11 is 1.70. The summed E-state index contributed by atoms with van der Waals surface area (Å²) < 4.78 is 0. The molecule has 0 saturated carbocycles. The summed E-state index contributed by atoms with van der Waals surface area (Å²) in [5.41, 5.74) is 3.23. The number of benzene rings is 2. The number of carbonyl (C=O) groups is 1. The van der Waals surface area contributed by atoms with E-state index in [4.69, 9.17) is 0 Å². The second-order valence-corrected chi connectivity index (χ2v) is 8.98. The molecule has 0 radical (unpaired) electrons. The number of carbonyl (C=O) groups excluding carboxylic acids is 1. The molecule has 0 bridgehead atoms. The van der Waals surface area contributed by atoms with Crippen LogP contribution in [0.3, 0.4) is 0 Å². The zero-order valence-corrected chi connectivity index (χ0v) is 18.2. The van der Waals surface area contributed by atoms with E-state index in [9.17, 15) is 4.79 Å². The van der Waals surface area contributed by atoms with Gasteiger partial charge in [0.2, 0.25) is 5.91 Å². The molecule has 4 rings (SSSR count). The van der Waals surface area contributed by atoms with E-state index in [2.05, 4.69) is 58.2 Å². The Morgan fingerprint density at radius 1 is 1.03 bits per heavy atom. The molecule has 1 fully saturated rings. The van der Waals surface area contributed by atoms with Crippen LogP contribution < -0.4 is 15.5 Å². The molecule has 1 aromatic heterocycles. The molecule has 0 unspecified atom stereocenters. The standard InChI is InChI=1S/C25H29N3OS/c1-19-13-15-28(16-14-19)22-11-9-21(10-12-22)27-24(29)18-26-25(23-8-5-17-30-23)20-6-3-2-4-7-20/h2-12,17,19,25-26H,13-16,18H2,1H3,(H,27,29)/t25-/m0/s1. The maximum absolute atomic E-state index is 12.6. The largest absolute Gasteiger partial charge is 0.372 e. The molecule has 156 valence electrons. The van der Waals surface area contributed by atoms with Crippen LogP contribution >= 0.6 is 11.3 Å². The van der Waals surface area contributed by atoms with Gasteiger partial charge in [-0.15, -0.1) is 11.3 Å². The van der Waals surface area contributed by atoms with Crippen LogP contribution in [0.2, 0.25) is 0 Å². The molecule has 2 heterocycles. The molecule has 1 amide bonds. The van der Waals surface area contributed by atoms with E-state index in [0.29, 0.717) is 0 Å². The van der Waals surface area contributed by atoms with Crippen molar-refractivity contribution >= 4 is 28.6 Å². The maximum atomic E-state index is 12.6. The van der Waals surface area contributed by atoms with Gasteiger partial charge in [-0.3, -0.25) is 10.1 Å². The van der Waals surface area contributed by atoms with Crippen molar-refractivity contribution in [3.05, 3.63) is 82.6 Å². The summed E-state index contributed by atoms with van der Waals surface area (Å²) in [6.45, 7) is 4.80. The summed E-state index contributed by atoms with van der Waals surface area (Å²) in [4.78, 5) is 16.2. The molecule has 4 nitrogen and oxygen atoms in total. The number of rotatable bonds is 7. The van der Waals surface area contributed by atoms with Crippen LogP contribution in [0.1, 0.15) is 36.2 Å². The third kappa shape index (κ3) is 5.29. The summed E-state index contributed by atoms with van der Waals surface area (Å²) in [5.74, 6) is 0.785. The van der Waals surface area contributed by atoms with E-state index in [1.807, 2.05) is 36.4 Å². The first kappa shape index (κ1) is 20.6. The minimum atomic E-state index is -0.0352. The van der Waals surface area contributed by atoms with E-state index in [1.165, 1.54) is 23.4 Å². The number of piperidine rings is 1. The molecule has 2 aromatic carbocycles. The molecule has 30 heavy (non-hydrogen) atoms. The van der Waals surface area contributed by atoms with E-state index < -0.39 is 0 Å². The molecule has 1 aliphatic heterocycles. The monoisotopic (exact) mass is 419 g/mol. The normalized spacial score (nSPS) is 15.7. The van der Waals surface area contributed by atoms with Crippen molar-refractivity contribution in [3.63, 3.8) is 0 Å². The Morgan fingerprint density at radius 3 is 2.43 bits per heavy atom. The number of amides is 1. The number of hydrogen-bond acceptors (Lipinski definition) is 4. The molecule has 2 N–H and O–H groups in total. The van der Waals surface area contributed by atoms with Gasteiger partial charge < -0.3 is 10.2 Å². The van der Waals surface area contributed by atoms with Crippen molar-refractivity contribution in [1.82, 2.24) is 5.32 Å². The fraction of sp³-hybridized carbons (Fsp3) is 0.320. The molecule has 1 saturated heterocycles. The van der Waals surface area contributed by atoms with Crippen LogP contribution in [-0.4, -0.2) is 25.5 Å². The number of nitrogens with zero attached hydrogens (tertiary/aromatic N) is 1. The third-order valence-electron chi connectivity index (χ3n) is 5.73. The topological polar surface area (TPSA) is 44.4 Å². The summed E-state index contributed by atoms with van der Waals surface area (Å²) in [6.07, 6.45) is 2.49. The van der Waals surface area contributed by atoms with Gasteiger partial charge in [-0.25, -0.2) is 0 Å². The zero-order valence-electron chi connectivity index (χ0n) is 17.4. The molecule has 0 spiro atoms. The highest BCUT2D eigenvalue weighted by Gasteiger charge is 2.17. The number of nitrogens with one attached hydrogen (secondary N) is 2. The van der Waals surface area contributed by atoms with Gasteiger partial charge in [-0.05, 0) is 60.0 Å². The second kappa shape index (κ2) is 9.92. The minimum Gasteiger partial charge on any atom is -0.372 e. The van der Waals surface area contributed by atoms with Gasteiger partial charge in [0.1, 0.15) is 0 Å². The van der Waals surface area contributed by atoms with Gasteiger partial charge >= 0.3 is 0 Å². The zero-order chi connectivity index (χ0) is 20.8. The Labute approximate surface area is 182 Å². The van der Waals surface area contributed by atoms with Crippen LogP contribution in [0.5, 0.6) is 0 Å². The number of thiophene rings is 1. The Bertz CT molecular complexity index is 917. The summed E-state index contributed by atoms with van der Waals surface area (Å²) in [7, 11) is 0.